The predicted octanol–water partition coefficient (Wildman–Crippen LogP) is 1.62. The first-order valence-corrected chi connectivity index (χ1v) is 8.24. The Hall–Kier alpha value is -2.02. The van der Waals surface area contributed by atoms with Gasteiger partial charge >= 0.3 is 5.97 Å². The number of hydrogen-bond donors (Lipinski definition) is 2. The highest BCUT2D eigenvalue weighted by Crippen LogP contribution is 2.56. The number of carbonyl (C=O) groups is 3. The number of benzene rings is 1. The van der Waals surface area contributed by atoms with Crippen LogP contribution in [0.2, 0.25) is 0 Å². The molecule has 1 aromatic carbocycles. The van der Waals surface area contributed by atoms with Crippen LogP contribution in [0.4, 0.5) is 0 Å². The van der Waals surface area contributed by atoms with Gasteiger partial charge < -0.3 is 15.3 Å². The third-order valence-electron chi connectivity index (χ3n) is 4.27. The van der Waals surface area contributed by atoms with Crippen LogP contribution in [0.1, 0.15) is 42.1 Å². The van der Waals surface area contributed by atoms with Gasteiger partial charge in [-0.2, -0.15) is 0 Å². The summed E-state index contributed by atoms with van der Waals surface area (Å²) >= 11 is 1.55. The van der Waals surface area contributed by atoms with Crippen LogP contribution in [0.3, 0.4) is 0 Å². The van der Waals surface area contributed by atoms with Crippen molar-refractivity contribution < 1.29 is 19.5 Å². The first-order valence-electron chi connectivity index (χ1n) is 7.36. The molecule has 2 aliphatic heterocycles. The Morgan fingerprint density at radius 3 is 2.65 bits per heavy atom. The van der Waals surface area contributed by atoms with Crippen molar-refractivity contribution >= 4 is 29.5 Å². The minimum Gasteiger partial charge on any atom is -0.480 e. The summed E-state index contributed by atoms with van der Waals surface area (Å²) < 4.78 is -0.504. The highest BCUT2D eigenvalue weighted by atomic mass is 32.2. The molecular weight excluding hydrogens is 316 g/mol. The zero-order chi connectivity index (χ0) is 16.9. The van der Waals surface area contributed by atoms with Crippen LogP contribution in [-0.4, -0.2) is 44.6 Å². The molecule has 2 heterocycles. The van der Waals surface area contributed by atoms with Crippen LogP contribution in [0.25, 0.3) is 0 Å². The monoisotopic (exact) mass is 334 g/mol. The van der Waals surface area contributed by atoms with Crippen LogP contribution in [0, 0.1) is 0 Å². The summed E-state index contributed by atoms with van der Waals surface area (Å²) in [4.78, 5) is 37.9. The van der Waals surface area contributed by atoms with Gasteiger partial charge in [0.2, 0.25) is 5.91 Å². The summed E-state index contributed by atoms with van der Waals surface area (Å²) in [5, 5.41) is 11.3. The molecule has 2 N–H and O–H groups in total. The molecule has 23 heavy (non-hydrogen) atoms. The molecule has 3 atom stereocenters. The van der Waals surface area contributed by atoms with Crippen LogP contribution in [0.5, 0.6) is 0 Å². The molecule has 122 valence electrons. The molecule has 0 aromatic heterocycles. The number of amides is 2. The number of thioether (sulfide) groups is 1. The lowest BCUT2D eigenvalue weighted by atomic mass is 10.0. The van der Waals surface area contributed by atoms with Crippen molar-refractivity contribution in [3.63, 3.8) is 0 Å². The molecule has 0 aliphatic carbocycles. The van der Waals surface area contributed by atoms with Gasteiger partial charge in [0.15, 0.2) is 0 Å². The topological polar surface area (TPSA) is 86.7 Å². The fourth-order valence-corrected chi connectivity index (χ4v) is 4.75. The molecule has 0 spiro atoms. The highest BCUT2D eigenvalue weighted by molar-refractivity contribution is 8.01. The van der Waals surface area contributed by atoms with E-state index in [-0.39, 0.29) is 11.3 Å². The van der Waals surface area contributed by atoms with Crippen LogP contribution in [-0.2, 0) is 9.59 Å². The number of carboxylic acid groups (broad SMARTS) is 1. The van der Waals surface area contributed by atoms with Crippen molar-refractivity contribution in [1.82, 2.24) is 10.2 Å². The fraction of sp³-hybridized carbons (Fsp3) is 0.438. The molecule has 3 rings (SSSR count). The first kappa shape index (κ1) is 15.9. The second kappa shape index (κ2) is 5.26. The van der Waals surface area contributed by atoms with Gasteiger partial charge in [-0.25, -0.2) is 0 Å². The van der Waals surface area contributed by atoms with Gasteiger partial charge in [0.05, 0.1) is 0 Å². The lowest BCUT2D eigenvalue weighted by Gasteiger charge is -2.30. The van der Waals surface area contributed by atoms with E-state index in [1.165, 1.54) is 6.92 Å². The smallest absolute Gasteiger partial charge is 0.325 e. The molecule has 2 amide bonds. The maximum absolute atomic E-state index is 12.7. The number of fused-ring (bicyclic) bond motifs is 3. The maximum Gasteiger partial charge on any atom is 0.325 e. The molecule has 0 saturated carbocycles. The number of carboxylic acids is 1. The van der Waals surface area contributed by atoms with E-state index in [0.29, 0.717) is 5.56 Å². The minimum absolute atomic E-state index is 0.174. The average Bonchev–Trinajstić information content (AvgIpc) is 2.90. The van der Waals surface area contributed by atoms with Crippen molar-refractivity contribution in [2.24, 2.45) is 0 Å². The molecule has 7 heteroatoms. The van der Waals surface area contributed by atoms with E-state index in [9.17, 15) is 14.4 Å². The quantitative estimate of drug-likeness (QED) is 0.877. The second-order valence-corrected chi connectivity index (χ2v) is 8.08. The molecular formula is C16H18N2O4S. The number of hydrogen-bond acceptors (Lipinski definition) is 4. The number of nitrogens with one attached hydrogen (secondary N) is 1. The summed E-state index contributed by atoms with van der Waals surface area (Å²) in [5.74, 6) is -1.71. The Balaban J connectivity index is 1.94. The van der Waals surface area contributed by atoms with Crippen molar-refractivity contribution in [2.45, 2.75) is 43.0 Å². The summed E-state index contributed by atoms with van der Waals surface area (Å²) in [7, 11) is 0. The molecule has 3 unspecified atom stereocenters. The second-order valence-electron chi connectivity index (χ2n) is 6.34. The van der Waals surface area contributed by atoms with E-state index in [4.69, 9.17) is 5.11 Å². The van der Waals surface area contributed by atoms with Crippen molar-refractivity contribution in [1.29, 1.82) is 0 Å². The van der Waals surface area contributed by atoms with Crippen molar-refractivity contribution in [3.8, 4) is 0 Å². The summed E-state index contributed by atoms with van der Waals surface area (Å²) in [6.45, 7) is 5.22. The third-order valence-corrected chi connectivity index (χ3v) is 5.81. The van der Waals surface area contributed by atoms with Crippen LogP contribution < -0.4 is 5.32 Å². The standard InChI is InChI=1S/C16H18N2O4S/c1-8(15(21)22)17-12(19)11-16(2,3)23-14-10-7-5-4-6-9(10)13(20)18(11)14/h4-8,11,14H,1-3H3,(H,17,19)(H,21,22). The zero-order valence-corrected chi connectivity index (χ0v) is 13.9. The zero-order valence-electron chi connectivity index (χ0n) is 13.1. The summed E-state index contributed by atoms with van der Waals surface area (Å²) in [6, 6.07) is 5.64. The van der Waals surface area contributed by atoms with Crippen molar-refractivity contribution in [3.05, 3.63) is 35.4 Å². The molecule has 0 radical (unpaired) electrons. The van der Waals surface area contributed by atoms with E-state index in [1.807, 2.05) is 26.0 Å². The van der Waals surface area contributed by atoms with Gasteiger partial charge in [-0.15, -0.1) is 11.8 Å². The van der Waals surface area contributed by atoms with E-state index < -0.39 is 28.7 Å². The highest BCUT2D eigenvalue weighted by Gasteiger charge is 2.57. The lowest BCUT2D eigenvalue weighted by molar-refractivity contribution is -0.142. The number of nitrogens with zero attached hydrogens (tertiary/aromatic N) is 1. The number of rotatable bonds is 3. The lowest BCUT2D eigenvalue weighted by Crippen LogP contribution is -2.55. The molecule has 1 fully saturated rings. The van der Waals surface area contributed by atoms with Crippen LogP contribution >= 0.6 is 11.8 Å². The first-order chi connectivity index (χ1) is 10.7. The van der Waals surface area contributed by atoms with Crippen LogP contribution in [0.15, 0.2) is 24.3 Å². The van der Waals surface area contributed by atoms with E-state index in [0.717, 1.165) is 5.56 Å². The molecule has 2 aliphatic rings. The Morgan fingerprint density at radius 2 is 2.00 bits per heavy atom. The van der Waals surface area contributed by atoms with Gasteiger partial charge in [0.1, 0.15) is 17.5 Å². The average molecular weight is 334 g/mol. The predicted molar refractivity (Wildman–Crippen MR) is 86.1 cm³/mol. The largest absolute Gasteiger partial charge is 0.480 e. The summed E-state index contributed by atoms with van der Waals surface area (Å²) in [5.41, 5.74) is 1.53. The van der Waals surface area contributed by atoms with Gasteiger partial charge in [-0.05, 0) is 32.4 Å². The maximum atomic E-state index is 12.7. The Morgan fingerprint density at radius 1 is 1.35 bits per heavy atom. The van der Waals surface area contributed by atoms with Gasteiger partial charge in [-0.3, -0.25) is 14.4 Å². The Bertz CT molecular complexity index is 703. The van der Waals surface area contributed by atoms with Gasteiger partial charge in [-0.1, -0.05) is 18.2 Å². The van der Waals surface area contributed by atoms with Gasteiger partial charge in [0, 0.05) is 10.3 Å². The number of carbonyl (C=O) groups excluding carboxylic acids is 2. The van der Waals surface area contributed by atoms with Crippen molar-refractivity contribution in [2.75, 3.05) is 0 Å². The summed E-state index contributed by atoms with van der Waals surface area (Å²) in [6.07, 6.45) is 0. The normalized spacial score (nSPS) is 25.7. The van der Waals surface area contributed by atoms with E-state index >= 15 is 0 Å². The third kappa shape index (κ3) is 2.39. The van der Waals surface area contributed by atoms with E-state index in [1.54, 1.807) is 28.8 Å². The van der Waals surface area contributed by atoms with Gasteiger partial charge in [0.25, 0.3) is 5.91 Å². The SMILES string of the molecule is CC(NC(=O)C1N2C(=O)c3ccccc3C2SC1(C)C)C(=O)O. The van der Waals surface area contributed by atoms with E-state index in [2.05, 4.69) is 5.32 Å². The Kier molecular flexibility index (Phi) is 3.63. The molecule has 1 aromatic rings. The molecule has 0 bridgehead atoms. The fourth-order valence-electron chi connectivity index (χ4n) is 3.16. The Labute approximate surface area is 138 Å². The molecule has 1 saturated heterocycles. The molecule has 6 nitrogen and oxygen atoms in total. The number of aliphatic carboxylic acids is 1. The minimum atomic E-state index is -1.10.